The lowest BCUT2D eigenvalue weighted by Gasteiger charge is -2.02. The van der Waals surface area contributed by atoms with E-state index in [1.165, 1.54) is 12.3 Å². The van der Waals surface area contributed by atoms with Crippen LogP contribution < -0.4 is 5.43 Å². The largest absolute Gasteiger partial charge is 0.478 e. The van der Waals surface area contributed by atoms with Gasteiger partial charge in [-0.05, 0) is 18.2 Å². The number of aromatic nitrogens is 1. The van der Waals surface area contributed by atoms with Crippen LogP contribution in [0.1, 0.15) is 21.6 Å². The van der Waals surface area contributed by atoms with Crippen LogP contribution in [0.15, 0.2) is 47.7 Å². The van der Waals surface area contributed by atoms with E-state index in [4.69, 9.17) is 5.11 Å². The van der Waals surface area contributed by atoms with Gasteiger partial charge in [-0.1, -0.05) is 18.2 Å². The molecule has 0 saturated heterocycles. The fourth-order valence-corrected chi connectivity index (χ4v) is 1.86. The average molecular weight is 285 g/mol. The van der Waals surface area contributed by atoms with Crippen LogP contribution in [0.5, 0.6) is 0 Å². The standard InChI is InChI=1S/C15H15N3O3/c1-18-8-4-6-12(18)9-14(19)17-16-10-11-5-2-3-7-13(11)15(20)21/h2-8,10H,9H2,1H3,(H,17,19)(H,20,21)/b16-10-. The summed E-state index contributed by atoms with van der Waals surface area (Å²) in [7, 11) is 1.86. The highest BCUT2D eigenvalue weighted by Gasteiger charge is 2.07. The molecule has 1 aromatic carbocycles. The Morgan fingerprint density at radius 3 is 2.71 bits per heavy atom. The Hall–Kier alpha value is -2.89. The molecule has 0 bridgehead atoms. The lowest BCUT2D eigenvalue weighted by molar-refractivity contribution is -0.120. The van der Waals surface area contributed by atoms with Crippen LogP contribution in [0.3, 0.4) is 0 Å². The zero-order chi connectivity index (χ0) is 15.2. The van der Waals surface area contributed by atoms with E-state index in [0.717, 1.165) is 5.69 Å². The number of rotatable bonds is 5. The highest BCUT2D eigenvalue weighted by Crippen LogP contribution is 2.06. The molecule has 0 aliphatic heterocycles. The third kappa shape index (κ3) is 3.79. The van der Waals surface area contributed by atoms with E-state index in [1.807, 2.05) is 29.9 Å². The number of hydrazone groups is 1. The summed E-state index contributed by atoms with van der Waals surface area (Å²) in [5.74, 6) is -1.30. The number of carbonyl (C=O) groups is 2. The van der Waals surface area contributed by atoms with Crippen LogP contribution in [-0.2, 0) is 18.3 Å². The maximum atomic E-state index is 11.7. The molecule has 0 fully saturated rings. The topological polar surface area (TPSA) is 83.7 Å². The smallest absolute Gasteiger partial charge is 0.336 e. The van der Waals surface area contributed by atoms with Crippen molar-refractivity contribution in [2.75, 3.05) is 0 Å². The van der Waals surface area contributed by atoms with Gasteiger partial charge in [0.25, 0.3) is 0 Å². The molecule has 1 heterocycles. The van der Waals surface area contributed by atoms with Gasteiger partial charge in [0.2, 0.25) is 5.91 Å². The van der Waals surface area contributed by atoms with Crippen molar-refractivity contribution < 1.29 is 14.7 Å². The predicted octanol–water partition coefficient (Wildman–Crippen LogP) is 1.42. The Morgan fingerprint density at radius 1 is 1.29 bits per heavy atom. The molecule has 6 heteroatoms. The quantitative estimate of drug-likeness (QED) is 0.643. The van der Waals surface area contributed by atoms with Gasteiger partial charge in [-0.15, -0.1) is 0 Å². The van der Waals surface area contributed by atoms with Crippen LogP contribution in [0.2, 0.25) is 0 Å². The molecule has 6 nitrogen and oxygen atoms in total. The number of nitrogens with one attached hydrogen (secondary N) is 1. The van der Waals surface area contributed by atoms with Crippen molar-refractivity contribution in [3.8, 4) is 0 Å². The van der Waals surface area contributed by atoms with Crippen molar-refractivity contribution in [3.05, 3.63) is 59.4 Å². The highest BCUT2D eigenvalue weighted by atomic mass is 16.4. The van der Waals surface area contributed by atoms with Crippen LogP contribution in [0, 0.1) is 0 Å². The minimum atomic E-state index is -1.04. The van der Waals surface area contributed by atoms with E-state index in [1.54, 1.807) is 18.2 Å². The molecule has 0 radical (unpaired) electrons. The van der Waals surface area contributed by atoms with Crippen molar-refractivity contribution in [2.24, 2.45) is 12.1 Å². The molecule has 21 heavy (non-hydrogen) atoms. The van der Waals surface area contributed by atoms with Crippen LogP contribution in [-0.4, -0.2) is 27.8 Å². The van der Waals surface area contributed by atoms with E-state index < -0.39 is 5.97 Å². The highest BCUT2D eigenvalue weighted by molar-refractivity contribution is 5.98. The van der Waals surface area contributed by atoms with Gasteiger partial charge in [0, 0.05) is 24.5 Å². The second-order valence-corrected chi connectivity index (χ2v) is 4.47. The lowest BCUT2D eigenvalue weighted by Crippen LogP contribution is -2.21. The minimum Gasteiger partial charge on any atom is -0.478 e. The number of carboxylic acids is 1. The van der Waals surface area contributed by atoms with Gasteiger partial charge in [0.15, 0.2) is 0 Å². The lowest BCUT2D eigenvalue weighted by atomic mass is 10.1. The molecular formula is C15H15N3O3. The number of benzene rings is 1. The van der Waals surface area contributed by atoms with E-state index in [2.05, 4.69) is 10.5 Å². The maximum absolute atomic E-state index is 11.7. The Bertz CT molecular complexity index is 689. The molecule has 2 aromatic rings. The number of hydrogen-bond acceptors (Lipinski definition) is 3. The van der Waals surface area contributed by atoms with E-state index in [-0.39, 0.29) is 17.9 Å². The second kappa shape index (κ2) is 6.51. The summed E-state index contributed by atoms with van der Waals surface area (Å²) in [5, 5.41) is 12.8. The molecule has 1 aromatic heterocycles. The third-order valence-corrected chi connectivity index (χ3v) is 2.98. The van der Waals surface area contributed by atoms with Crippen LogP contribution >= 0.6 is 0 Å². The number of hydrogen-bond donors (Lipinski definition) is 2. The zero-order valence-electron chi connectivity index (χ0n) is 11.5. The average Bonchev–Trinajstić information content (AvgIpc) is 2.84. The monoisotopic (exact) mass is 285 g/mol. The molecule has 0 atom stereocenters. The van der Waals surface area contributed by atoms with Gasteiger partial charge in [-0.25, -0.2) is 10.2 Å². The summed E-state index contributed by atoms with van der Waals surface area (Å²) < 4.78 is 1.85. The van der Waals surface area contributed by atoms with E-state index in [9.17, 15) is 9.59 Å². The molecule has 2 rings (SSSR count). The number of aryl methyl sites for hydroxylation is 1. The fourth-order valence-electron chi connectivity index (χ4n) is 1.86. The van der Waals surface area contributed by atoms with Gasteiger partial charge in [-0.2, -0.15) is 5.10 Å². The molecular weight excluding hydrogens is 270 g/mol. The SMILES string of the molecule is Cn1cccc1CC(=O)N/N=C\c1ccccc1C(=O)O. The van der Waals surface area contributed by atoms with Gasteiger partial charge >= 0.3 is 5.97 Å². The number of nitrogens with zero attached hydrogens (tertiary/aromatic N) is 2. The molecule has 1 amide bonds. The van der Waals surface area contributed by atoms with Gasteiger partial charge in [0.05, 0.1) is 18.2 Å². The van der Waals surface area contributed by atoms with Crippen LogP contribution in [0.25, 0.3) is 0 Å². The first-order valence-corrected chi connectivity index (χ1v) is 6.32. The number of amides is 1. The van der Waals surface area contributed by atoms with Gasteiger partial charge in [-0.3, -0.25) is 4.79 Å². The normalized spacial score (nSPS) is 10.7. The van der Waals surface area contributed by atoms with Crippen molar-refractivity contribution in [1.29, 1.82) is 0 Å². The summed E-state index contributed by atoms with van der Waals surface area (Å²) in [5.41, 5.74) is 3.83. The molecule has 0 unspecified atom stereocenters. The Labute approximate surface area is 121 Å². The molecule has 2 N–H and O–H groups in total. The zero-order valence-corrected chi connectivity index (χ0v) is 11.5. The number of carbonyl (C=O) groups excluding carboxylic acids is 1. The summed E-state index contributed by atoms with van der Waals surface area (Å²) in [4.78, 5) is 22.7. The molecule has 108 valence electrons. The number of carboxylic acid groups (broad SMARTS) is 1. The van der Waals surface area contributed by atoms with E-state index in [0.29, 0.717) is 5.56 Å². The summed E-state index contributed by atoms with van der Waals surface area (Å²) in [6.45, 7) is 0. The first-order valence-electron chi connectivity index (χ1n) is 6.32. The van der Waals surface area contributed by atoms with E-state index >= 15 is 0 Å². The molecule has 0 spiro atoms. The Morgan fingerprint density at radius 2 is 2.05 bits per heavy atom. The summed E-state index contributed by atoms with van der Waals surface area (Å²) in [6.07, 6.45) is 3.39. The Kier molecular flexibility index (Phi) is 4.50. The predicted molar refractivity (Wildman–Crippen MR) is 78.3 cm³/mol. The Balaban J connectivity index is 1.98. The van der Waals surface area contributed by atoms with Crippen LogP contribution in [0.4, 0.5) is 0 Å². The van der Waals surface area contributed by atoms with Crippen molar-refractivity contribution in [3.63, 3.8) is 0 Å². The second-order valence-electron chi connectivity index (χ2n) is 4.47. The molecule has 0 aliphatic rings. The molecule has 0 aliphatic carbocycles. The minimum absolute atomic E-state index is 0.137. The molecule has 0 saturated carbocycles. The van der Waals surface area contributed by atoms with Crippen molar-refractivity contribution in [1.82, 2.24) is 9.99 Å². The summed E-state index contributed by atoms with van der Waals surface area (Å²) >= 11 is 0. The first kappa shape index (κ1) is 14.5. The fraction of sp³-hybridized carbons (Fsp3) is 0.133. The first-order chi connectivity index (χ1) is 10.1. The van der Waals surface area contributed by atoms with Crippen molar-refractivity contribution in [2.45, 2.75) is 6.42 Å². The maximum Gasteiger partial charge on any atom is 0.336 e. The van der Waals surface area contributed by atoms with Crippen molar-refractivity contribution >= 4 is 18.1 Å². The number of aromatic carboxylic acids is 1. The third-order valence-electron chi connectivity index (χ3n) is 2.98. The van der Waals surface area contributed by atoms with Gasteiger partial charge in [0.1, 0.15) is 0 Å². The van der Waals surface area contributed by atoms with Gasteiger partial charge < -0.3 is 9.67 Å². The summed E-state index contributed by atoms with van der Waals surface area (Å²) in [6, 6.07) is 10.2.